The standard InChI is InChI=1S/C12H24N4O2/c1-14-10-12(17)16(9-11(14)8-13)3-2-15-4-6-18-7-5-15/h11H,2-10,13H2,1H3. The third-order valence-electron chi connectivity index (χ3n) is 3.85. The van der Waals surface area contributed by atoms with Crippen molar-refractivity contribution in [1.29, 1.82) is 0 Å². The normalized spacial score (nSPS) is 27.8. The van der Waals surface area contributed by atoms with E-state index in [9.17, 15) is 4.79 Å². The predicted octanol–water partition coefficient (Wildman–Crippen LogP) is -1.58. The molecule has 0 aliphatic carbocycles. The van der Waals surface area contributed by atoms with E-state index in [1.165, 1.54) is 0 Å². The Kier molecular flexibility index (Phi) is 4.94. The van der Waals surface area contributed by atoms with Gasteiger partial charge in [-0.2, -0.15) is 0 Å². The number of hydrogen-bond donors (Lipinski definition) is 1. The summed E-state index contributed by atoms with van der Waals surface area (Å²) in [6, 6.07) is 0.299. The quantitative estimate of drug-likeness (QED) is 0.658. The number of nitrogens with zero attached hydrogens (tertiary/aromatic N) is 3. The van der Waals surface area contributed by atoms with Crippen LogP contribution in [0.4, 0.5) is 0 Å². The average molecular weight is 256 g/mol. The number of ether oxygens (including phenoxy) is 1. The van der Waals surface area contributed by atoms with E-state index in [0.29, 0.717) is 19.1 Å². The number of rotatable bonds is 4. The van der Waals surface area contributed by atoms with E-state index >= 15 is 0 Å². The van der Waals surface area contributed by atoms with Crippen molar-refractivity contribution in [2.45, 2.75) is 6.04 Å². The number of likely N-dealkylation sites (N-methyl/N-ethyl adjacent to an activating group) is 1. The minimum absolute atomic E-state index is 0.218. The summed E-state index contributed by atoms with van der Waals surface area (Å²) in [7, 11) is 1.97. The predicted molar refractivity (Wildman–Crippen MR) is 69.3 cm³/mol. The van der Waals surface area contributed by atoms with E-state index in [1.807, 2.05) is 16.8 Å². The van der Waals surface area contributed by atoms with E-state index < -0.39 is 0 Å². The number of morpholine rings is 1. The van der Waals surface area contributed by atoms with Crippen LogP contribution in [0.3, 0.4) is 0 Å². The van der Waals surface area contributed by atoms with Crippen molar-refractivity contribution in [2.24, 2.45) is 5.73 Å². The minimum atomic E-state index is 0.218. The van der Waals surface area contributed by atoms with Gasteiger partial charge in [0.2, 0.25) is 5.91 Å². The van der Waals surface area contributed by atoms with Gasteiger partial charge in [-0.1, -0.05) is 0 Å². The third kappa shape index (κ3) is 3.41. The maximum atomic E-state index is 11.9. The van der Waals surface area contributed by atoms with Gasteiger partial charge in [0.25, 0.3) is 0 Å². The molecule has 6 nitrogen and oxygen atoms in total. The van der Waals surface area contributed by atoms with Gasteiger partial charge < -0.3 is 15.4 Å². The zero-order chi connectivity index (χ0) is 13.0. The molecule has 2 aliphatic heterocycles. The van der Waals surface area contributed by atoms with Crippen molar-refractivity contribution in [3.05, 3.63) is 0 Å². The Morgan fingerprint density at radius 1 is 1.33 bits per heavy atom. The highest BCUT2D eigenvalue weighted by molar-refractivity contribution is 5.79. The molecule has 1 amide bonds. The van der Waals surface area contributed by atoms with Crippen molar-refractivity contribution in [3.63, 3.8) is 0 Å². The number of amides is 1. The third-order valence-corrected chi connectivity index (χ3v) is 3.85. The molecule has 0 aromatic rings. The number of nitrogens with two attached hydrogens (primary N) is 1. The summed E-state index contributed by atoms with van der Waals surface area (Å²) in [6.45, 7) is 7.17. The van der Waals surface area contributed by atoms with Gasteiger partial charge in [-0.05, 0) is 7.05 Å². The lowest BCUT2D eigenvalue weighted by Gasteiger charge is -2.39. The SMILES string of the molecule is CN1CC(=O)N(CCN2CCOCC2)CC1CN. The van der Waals surface area contributed by atoms with E-state index in [4.69, 9.17) is 10.5 Å². The molecule has 0 aromatic carbocycles. The van der Waals surface area contributed by atoms with Gasteiger partial charge in [-0.15, -0.1) is 0 Å². The summed E-state index contributed by atoms with van der Waals surface area (Å²) in [4.78, 5) is 18.3. The molecule has 2 heterocycles. The number of carbonyl (C=O) groups is 1. The van der Waals surface area contributed by atoms with Crippen LogP contribution in [0.25, 0.3) is 0 Å². The summed E-state index contributed by atoms with van der Waals surface area (Å²) in [5.74, 6) is 0.218. The molecule has 0 spiro atoms. The molecule has 2 saturated heterocycles. The van der Waals surface area contributed by atoms with Crippen molar-refractivity contribution in [3.8, 4) is 0 Å². The lowest BCUT2D eigenvalue weighted by Crippen LogP contribution is -2.58. The fraction of sp³-hybridized carbons (Fsp3) is 0.917. The Bertz CT molecular complexity index is 281. The van der Waals surface area contributed by atoms with Crippen molar-refractivity contribution in [1.82, 2.24) is 14.7 Å². The Morgan fingerprint density at radius 2 is 2.06 bits per heavy atom. The molecule has 0 radical (unpaired) electrons. The topological polar surface area (TPSA) is 62.0 Å². The van der Waals surface area contributed by atoms with Crippen LogP contribution in [0.2, 0.25) is 0 Å². The molecule has 2 aliphatic rings. The van der Waals surface area contributed by atoms with Gasteiger partial charge in [-0.3, -0.25) is 14.6 Å². The molecule has 0 bridgehead atoms. The van der Waals surface area contributed by atoms with Gasteiger partial charge in [0.1, 0.15) is 0 Å². The Labute approximate surface area is 109 Å². The van der Waals surface area contributed by atoms with Crippen LogP contribution >= 0.6 is 0 Å². The fourth-order valence-electron chi connectivity index (χ4n) is 2.50. The van der Waals surface area contributed by atoms with Gasteiger partial charge in [0, 0.05) is 45.3 Å². The maximum Gasteiger partial charge on any atom is 0.236 e. The molecule has 2 N–H and O–H groups in total. The van der Waals surface area contributed by atoms with Crippen LogP contribution < -0.4 is 5.73 Å². The molecule has 0 aromatic heterocycles. The molecule has 1 unspecified atom stereocenters. The summed E-state index contributed by atoms with van der Waals surface area (Å²) in [5.41, 5.74) is 5.73. The average Bonchev–Trinajstić information content (AvgIpc) is 2.39. The van der Waals surface area contributed by atoms with E-state index in [-0.39, 0.29) is 5.91 Å². The van der Waals surface area contributed by atoms with Crippen LogP contribution in [-0.4, -0.2) is 92.7 Å². The second-order valence-corrected chi connectivity index (χ2v) is 5.10. The molecule has 2 rings (SSSR count). The maximum absolute atomic E-state index is 11.9. The van der Waals surface area contributed by atoms with Crippen LogP contribution in [0, 0.1) is 0 Å². The van der Waals surface area contributed by atoms with Crippen LogP contribution in [0.15, 0.2) is 0 Å². The molecule has 18 heavy (non-hydrogen) atoms. The Hall–Kier alpha value is -0.690. The molecular formula is C12H24N4O2. The number of carbonyl (C=O) groups excluding carboxylic acids is 1. The van der Waals surface area contributed by atoms with Gasteiger partial charge in [0.05, 0.1) is 19.8 Å². The molecular weight excluding hydrogens is 232 g/mol. The van der Waals surface area contributed by atoms with Gasteiger partial charge in [-0.25, -0.2) is 0 Å². The first-order chi connectivity index (χ1) is 8.70. The van der Waals surface area contributed by atoms with E-state index in [2.05, 4.69) is 4.90 Å². The first-order valence-corrected chi connectivity index (χ1v) is 6.69. The van der Waals surface area contributed by atoms with Crippen LogP contribution in [0.5, 0.6) is 0 Å². The smallest absolute Gasteiger partial charge is 0.236 e. The number of piperazine rings is 1. The Balaban J connectivity index is 1.78. The van der Waals surface area contributed by atoms with Crippen LogP contribution in [0.1, 0.15) is 0 Å². The van der Waals surface area contributed by atoms with Gasteiger partial charge >= 0.3 is 0 Å². The zero-order valence-electron chi connectivity index (χ0n) is 11.2. The number of hydrogen-bond acceptors (Lipinski definition) is 5. The van der Waals surface area contributed by atoms with E-state index in [0.717, 1.165) is 45.9 Å². The summed E-state index contributed by atoms with van der Waals surface area (Å²) in [5, 5.41) is 0. The minimum Gasteiger partial charge on any atom is -0.379 e. The molecule has 6 heteroatoms. The second kappa shape index (κ2) is 6.47. The second-order valence-electron chi connectivity index (χ2n) is 5.10. The van der Waals surface area contributed by atoms with Crippen molar-refractivity contribution < 1.29 is 9.53 Å². The van der Waals surface area contributed by atoms with Crippen LogP contribution in [-0.2, 0) is 9.53 Å². The highest BCUT2D eigenvalue weighted by atomic mass is 16.5. The fourth-order valence-corrected chi connectivity index (χ4v) is 2.50. The monoisotopic (exact) mass is 256 g/mol. The van der Waals surface area contributed by atoms with E-state index in [1.54, 1.807) is 0 Å². The first kappa shape index (κ1) is 13.7. The molecule has 104 valence electrons. The summed E-state index contributed by atoms with van der Waals surface area (Å²) >= 11 is 0. The molecule has 0 saturated carbocycles. The summed E-state index contributed by atoms with van der Waals surface area (Å²) < 4.78 is 5.32. The zero-order valence-corrected chi connectivity index (χ0v) is 11.2. The lowest BCUT2D eigenvalue weighted by molar-refractivity contribution is -0.137. The molecule has 2 fully saturated rings. The summed E-state index contributed by atoms with van der Waals surface area (Å²) in [6.07, 6.45) is 0. The van der Waals surface area contributed by atoms with Crippen molar-refractivity contribution in [2.75, 3.05) is 66.1 Å². The van der Waals surface area contributed by atoms with Crippen molar-refractivity contribution >= 4 is 5.91 Å². The highest BCUT2D eigenvalue weighted by Gasteiger charge is 2.28. The van der Waals surface area contributed by atoms with Gasteiger partial charge in [0.15, 0.2) is 0 Å². The lowest BCUT2D eigenvalue weighted by atomic mass is 10.1. The molecule has 1 atom stereocenters. The Morgan fingerprint density at radius 3 is 2.72 bits per heavy atom. The highest BCUT2D eigenvalue weighted by Crippen LogP contribution is 2.08. The largest absolute Gasteiger partial charge is 0.379 e. The first-order valence-electron chi connectivity index (χ1n) is 6.69.